The van der Waals surface area contributed by atoms with Crippen LogP contribution in [0.25, 0.3) is 0 Å². The normalized spacial score (nSPS) is 31.8. The molecular formula is C12H21N3. The van der Waals surface area contributed by atoms with Gasteiger partial charge in [0.1, 0.15) is 5.82 Å². The molecule has 0 amide bonds. The van der Waals surface area contributed by atoms with Crippen molar-refractivity contribution in [3.63, 3.8) is 0 Å². The predicted octanol–water partition coefficient (Wildman–Crippen LogP) is 1.73. The highest BCUT2D eigenvalue weighted by Gasteiger charge is 2.26. The van der Waals surface area contributed by atoms with Crippen molar-refractivity contribution in [2.75, 3.05) is 0 Å². The van der Waals surface area contributed by atoms with E-state index in [1.807, 2.05) is 12.4 Å². The summed E-state index contributed by atoms with van der Waals surface area (Å²) in [5, 5.41) is 0. The van der Waals surface area contributed by atoms with Gasteiger partial charge in [0.2, 0.25) is 0 Å². The zero-order valence-electron chi connectivity index (χ0n) is 9.69. The molecule has 0 aliphatic heterocycles. The molecule has 1 fully saturated rings. The van der Waals surface area contributed by atoms with E-state index in [9.17, 15) is 0 Å². The van der Waals surface area contributed by atoms with E-state index in [1.54, 1.807) is 0 Å². The van der Waals surface area contributed by atoms with E-state index < -0.39 is 0 Å². The van der Waals surface area contributed by atoms with Crippen molar-refractivity contribution in [1.29, 1.82) is 0 Å². The molecule has 1 aromatic heterocycles. The Morgan fingerprint density at radius 3 is 3.00 bits per heavy atom. The summed E-state index contributed by atoms with van der Waals surface area (Å²) < 4.78 is 2.10. The van der Waals surface area contributed by atoms with E-state index >= 15 is 0 Å². The number of hydrogen-bond acceptors (Lipinski definition) is 2. The third kappa shape index (κ3) is 2.40. The van der Waals surface area contributed by atoms with Gasteiger partial charge in [0.25, 0.3) is 0 Å². The highest BCUT2D eigenvalue weighted by molar-refractivity contribution is 4.96. The van der Waals surface area contributed by atoms with Crippen LogP contribution in [-0.2, 0) is 13.5 Å². The Morgan fingerprint density at radius 2 is 2.33 bits per heavy atom. The van der Waals surface area contributed by atoms with Gasteiger partial charge in [0.05, 0.1) is 0 Å². The van der Waals surface area contributed by atoms with Crippen LogP contribution in [0.2, 0.25) is 0 Å². The van der Waals surface area contributed by atoms with Crippen LogP contribution in [0.5, 0.6) is 0 Å². The van der Waals surface area contributed by atoms with Gasteiger partial charge in [-0.3, -0.25) is 0 Å². The topological polar surface area (TPSA) is 43.8 Å². The Labute approximate surface area is 91.7 Å². The van der Waals surface area contributed by atoms with E-state index in [2.05, 4.69) is 23.5 Å². The van der Waals surface area contributed by atoms with Gasteiger partial charge in [-0.25, -0.2) is 4.98 Å². The minimum Gasteiger partial charge on any atom is -0.338 e. The van der Waals surface area contributed by atoms with Gasteiger partial charge in [-0.15, -0.1) is 0 Å². The molecular weight excluding hydrogens is 186 g/mol. The molecule has 1 heterocycles. The molecule has 3 nitrogen and oxygen atoms in total. The molecule has 15 heavy (non-hydrogen) atoms. The summed E-state index contributed by atoms with van der Waals surface area (Å²) in [5.74, 6) is 2.62. The van der Waals surface area contributed by atoms with E-state index in [-0.39, 0.29) is 0 Å². The van der Waals surface area contributed by atoms with Crippen molar-refractivity contribution in [1.82, 2.24) is 9.55 Å². The molecule has 3 atom stereocenters. The summed E-state index contributed by atoms with van der Waals surface area (Å²) in [6.45, 7) is 2.33. The summed E-state index contributed by atoms with van der Waals surface area (Å²) in [6, 6.07) is 0.373. The van der Waals surface area contributed by atoms with Crippen molar-refractivity contribution in [2.24, 2.45) is 24.6 Å². The lowest BCUT2D eigenvalue weighted by atomic mass is 9.77. The third-order valence-corrected chi connectivity index (χ3v) is 3.67. The SMILES string of the molecule is CC1CCC(N)C(Cc2nccn2C)C1. The number of nitrogens with two attached hydrogens (primary N) is 1. The van der Waals surface area contributed by atoms with E-state index in [1.165, 1.54) is 25.1 Å². The molecule has 3 heteroatoms. The molecule has 1 saturated carbocycles. The van der Waals surface area contributed by atoms with Crippen LogP contribution < -0.4 is 5.73 Å². The van der Waals surface area contributed by atoms with Gasteiger partial charge in [0, 0.05) is 31.9 Å². The van der Waals surface area contributed by atoms with Gasteiger partial charge in [-0.05, 0) is 31.1 Å². The first-order valence-electron chi connectivity index (χ1n) is 5.88. The molecule has 0 bridgehead atoms. The lowest BCUT2D eigenvalue weighted by Crippen LogP contribution is -2.37. The average Bonchev–Trinajstić information content (AvgIpc) is 2.58. The monoisotopic (exact) mass is 207 g/mol. The van der Waals surface area contributed by atoms with Crippen LogP contribution in [0.1, 0.15) is 32.0 Å². The minimum absolute atomic E-state index is 0.373. The number of imidazole rings is 1. The standard InChI is InChI=1S/C12H21N3/c1-9-3-4-11(13)10(7-9)8-12-14-5-6-15(12)2/h5-6,9-11H,3-4,7-8,13H2,1-2H3. The number of nitrogens with zero attached hydrogens (tertiary/aromatic N) is 2. The lowest BCUT2D eigenvalue weighted by molar-refractivity contribution is 0.241. The minimum atomic E-state index is 0.373. The zero-order valence-corrected chi connectivity index (χ0v) is 9.69. The molecule has 1 aliphatic carbocycles. The smallest absolute Gasteiger partial charge is 0.108 e. The molecule has 1 aromatic rings. The first kappa shape index (κ1) is 10.7. The van der Waals surface area contributed by atoms with Crippen molar-refractivity contribution in [3.8, 4) is 0 Å². The van der Waals surface area contributed by atoms with Gasteiger partial charge >= 0.3 is 0 Å². The molecule has 2 rings (SSSR count). The van der Waals surface area contributed by atoms with Gasteiger partial charge < -0.3 is 10.3 Å². The number of rotatable bonds is 2. The molecule has 0 saturated heterocycles. The molecule has 0 spiro atoms. The Kier molecular flexibility index (Phi) is 3.10. The maximum Gasteiger partial charge on any atom is 0.108 e. The van der Waals surface area contributed by atoms with Gasteiger partial charge in [0.15, 0.2) is 0 Å². The molecule has 1 aliphatic rings. The van der Waals surface area contributed by atoms with Crippen LogP contribution in [0.15, 0.2) is 12.4 Å². The Balaban J connectivity index is 2.01. The average molecular weight is 207 g/mol. The number of aryl methyl sites for hydroxylation is 1. The highest BCUT2D eigenvalue weighted by Crippen LogP contribution is 2.29. The number of aromatic nitrogens is 2. The summed E-state index contributed by atoms with van der Waals surface area (Å²) in [7, 11) is 2.06. The first-order valence-corrected chi connectivity index (χ1v) is 5.88. The lowest BCUT2D eigenvalue weighted by Gasteiger charge is -2.32. The first-order chi connectivity index (χ1) is 7.16. The summed E-state index contributed by atoms with van der Waals surface area (Å²) in [5.41, 5.74) is 6.17. The predicted molar refractivity (Wildman–Crippen MR) is 61.4 cm³/mol. The summed E-state index contributed by atoms with van der Waals surface area (Å²) >= 11 is 0. The molecule has 3 unspecified atom stereocenters. The maximum atomic E-state index is 6.17. The Bertz CT molecular complexity index is 318. The second-order valence-electron chi connectivity index (χ2n) is 5.00. The molecule has 0 aromatic carbocycles. The number of hydrogen-bond donors (Lipinski definition) is 1. The van der Waals surface area contributed by atoms with Gasteiger partial charge in [-0.2, -0.15) is 0 Å². The molecule has 0 radical (unpaired) electrons. The van der Waals surface area contributed by atoms with E-state index in [0.29, 0.717) is 12.0 Å². The van der Waals surface area contributed by atoms with Crippen LogP contribution in [0.3, 0.4) is 0 Å². The second kappa shape index (κ2) is 4.35. The fraction of sp³-hybridized carbons (Fsp3) is 0.750. The van der Waals surface area contributed by atoms with E-state index in [4.69, 9.17) is 5.73 Å². The summed E-state index contributed by atoms with van der Waals surface area (Å²) in [4.78, 5) is 4.38. The van der Waals surface area contributed by atoms with E-state index in [0.717, 1.165) is 12.3 Å². The Hall–Kier alpha value is -0.830. The highest BCUT2D eigenvalue weighted by atomic mass is 15.0. The quantitative estimate of drug-likeness (QED) is 0.802. The second-order valence-corrected chi connectivity index (χ2v) is 5.00. The molecule has 84 valence electrons. The fourth-order valence-electron chi connectivity index (χ4n) is 2.58. The summed E-state index contributed by atoms with van der Waals surface area (Å²) in [6.07, 6.45) is 8.64. The zero-order chi connectivity index (χ0) is 10.8. The van der Waals surface area contributed by atoms with Crippen molar-refractivity contribution < 1.29 is 0 Å². The van der Waals surface area contributed by atoms with Crippen LogP contribution in [0, 0.1) is 11.8 Å². The van der Waals surface area contributed by atoms with Crippen LogP contribution in [0.4, 0.5) is 0 Å². The Morgan fingerprint density at radius 1 is 1.53 bits per heavy atom. The fourth-order valence-corrected chi connectivity index (χ4v) is 2.58. The van der Waals surface area contributed by atoms with Gasteiger partial charge in [-0.1, -0.05) is 6.92 Å². The molecule has 2 N–H and O–H groups in total. The third-order valence-electron chi connectivity index (χ3n) is 3.67. The van der Waals surface area contributed by atoms with Crippen LogP contribution >= 0.6 is 0 Å². The van der Waals surface area contributed by atoms with Crippen LogP contribution in [-0.4, -0.2) is 15.6 Å². The largest absolute Gasteiger partial charge is 0.338 e. The maximum absolute atomic E-state index is 6.17. The van der Waals surface area contributed by atoms with Crippen molar-refractivity contribution in [2.45, 2.75) is 38.6 Å². The van der Waals surface area contributed by atoms with Crippen molar-refractivity contribution >= 4 is 0 Å². The van der Waals surface area contributed by atoms with Crippen molar-refractivity contribution in [3.05, 3.63) is 18.2 Å².